The summed E-state index contributed by atoms with van der Waals surface area (Å²) in [6.07, 6.45) is 3.29. The van der Waals surface area contributed by atoms with Gasteiger partial charge in [-0.15, -0.1) is 0 Å². The highest BCUT2D eigenvalue weighted by Gasteiger charge is 2.07. The Labute approximate surface area is 88.7 Å². The Balaban J connectivity index is 2.49. The van der Waals surface area contributed by atoms with Crippen molar-refractivity contribution >= 4 is 15.9 Å². The summed E-state index contributed by atoms with van der Waals surface area (Å²) in [6.45, 7) is 0. The molecule has 72 valence electrons. The fraction of sp³-hybridized carbons (Fsp3) is 0.111. The summed E-state index contributed by atoms with van der Waals surface area (Å²) in [7, 11) is 1.82. The molecule has 0 aliphatic carbocycles. The number of hydrogen-bond donors (Lipinski definition) is 0. The summed E-state index contributed by atoms with van der Waals surface area (Å²) in [6, 6.07) is 2.96. The molecule has 0 aliphatic rings. The van der Waals surface area contributed by atoms with Crippen LogP contribution in [0, 0.1) is 5.95 Å². The normalized spacial score (nSPS) is 10.5. The highest BCUT2D eigenvalue weighted by Crippen LogP contribution is 2.25. The van der Waals surface area contributed by atoms with Gasteiger partial charge in [0.1, 0.15) is 5.69 Å². The van der Waals surface area contributed by atoms with Crippen LogP contribution < -0.4 is 0 Å². The van der Waals surface area contributed by atoms with Gasteiger partial charge in [0.2, 0.25) is 5.95 Å². The predicted octanol–water partition coefficient (Wildman–Crippen LogP) is 2.38. The second-order valence-corrected chi connectivity index (χ2v) is 3.72. The molecule has 0 saturated carbocycles. The van der Waals surface area contributed by atoms with Crippen LogP contribution in [0.25, 0.3) is 11.3 Å². The van der Waals surface area contributed by atoms with Crippen molar-refractivity contribution < 1.29 is 4.39 Å². The molecule has 0 saturated heterocycles. The van der Waals surface area contributed by atoms with E-state index in [2.05, 4.69) is 26.0 Å². The fourth-order valence-corrected chi connectivity index (χ4v) is 1.78. The number of pyridine rings is 1. The quantitative estimate of drug-likeness (QED) is 0.733. The van der Waals surface area contributed by atoms with Gasteiger partial charge in [-0.25, -0.2) is 4.98 Å². The monoisotopic (exact) mass is 255 g/mol. The van der Waals surface area contributed by atoms with E-state index in [-0.39, 0.29) is 0 Å². The van der Waals surface area contributed by atoms with Crippen molar-refractivity contribution in [3.8, 4) is 11.3 Å². The molecule has 0 unspecified atom stereocenters. The summed E-state index contributed by atoms with van der Waals surface area (Å²) in [4.78, 5) is 3.57. The van der Waals surface area contributed by atoms with Gasteiger partial charge in [0.15, 0.2) is 0 Å². The van der Waals surface area contributed by atoms with Crippen LogP contribution in [0.4, 0.5) is 4.39 Å². The molecular formula is C9H7BrFN3. The Morgan fingerprint density at radius 3 is 2.71 bits per heavy atom. The van der Waals surface area contributed by atoms with Crippen LogP contribution in [0.2, 0.25) is 0 Å². The van der Waals surface area contributed by atoms with E-state index in [0.29, 0.717) is 0 Å². The minimum atomic E-state index is -0.485. The first-order valence-corrected chi connectivity index (χ1v) is 4.77. The summed E-state index contributed by atoms with van der Waals surface area (Å²) in [5, 5.41) is 4.22. The predicted molar refractivity (Wildman–Crippen MR) is 54.1 cm³/mol. The van der Waals surface area contributed by atoms with Crippen molar-refractivity contribution in [2.24, 2.45) is 7.05 Å². The Morgan fingerprint density at radius 1 is 1.43 bits per heavy atom. The lowest BCUT2D eigenvalue weighted by atomic mass is 10.2. The molecule has 0 fully saturated rings. The summed E-state index contributed by atoms with van der Waals surface area (Å²) < 4.78 is 15.1. The van der Waals surface area contributed by atoms with Crippen LogP contribution in [0.1, 0.15) is 0 Å². The van der Waals surface area contributed by atoms with Crippen LogP contribution in [0.15, 0.2) is 29.0 Å². The van der Waals surface area contributed by atoms with Crippen LogP contribution >= 0.6 is 15.9 Å². The zero-order valence-corrected chi connectivity index (χ0v) is 8.99. The molecule has 2 heterocycles. The Hall–Kier alpha value is -1.23. The van der Waals surface area contributed by atoms with E-state index >= 15 is 0 Å². The molecule has 0 aromatic carbocycles. The third-order valence-corrected chi connectivity index (χ3v) is 2.37. The van der Waals surface area contributed by atoms with Crippen molar-refractivity contribution in [1.29, 1.82) is 0 Å². The topological polar surface area (TPSA) is 30.7 Å². The van der Waals surface area contributed by atoms with E-state index < -0.39 is 5.95 Å². The van der Waals surface area contributed by atoms with Crippen molar-refractivity contribution in [3.05, 3.63) is 34.9 Å². The van der Waals surface area contributed by atoms with Crippen molar-refractivity contribution in [1.82, 2.24) is 14.8 Å². The third-order valence-electron chi connectivity index (χ3n) is 1.78. The lowest BCUT2D eigenvalue weighted by molar-refractivity contribution is 0.584. The minimum absolute atomic E-state index is 0.485. The summed E-state index contributed by atoms with van der Waals surface area (Å²) in [5.74, 6) is -0.485. The number of aromatic nitrogens is 3. The van der Waals surface area contributed by atoms with Gasteiger partial charge in [-0.1, -0.05) is 0 Å². The fourth-order valence-electron chi connectivity index (χ4n) is 1.17. The first kappa shape index (κ1) is 9.33. The largest absolute Gasteiger partial charge is 0.274 e. The smallest absolute Gasteiger partial charge is 0.212 e. The number of nitrogens with zero attached hydrogens (tertiary/aromatic N) is 3. The zero-order chi connectivity index (χ0) is 10.1. The second-order valence-electron chi connectivity index (χ2n) is 2.87. The standard InChI is InChI=1S/C9H7BrFN3/c1-14-5-7(10)9(13-14)6-2-3-8(11)12-4-6/h2-5H,1H3. The van der Waals surface area contributed by atoms with Gasteiger partial charge in [0.05, 0.1) is 4.47 Å². The maximum absolute atomic E-state index is 12.6. The highest BCUT2D eigenvalue weighted by molar-refractivity contribution is 9.10. The Morgan fingerprint density at radius 2 is 2.21 bits per heavy atom. The van der Waals surface area contributed by atoms with Gasteiger partial charge in [0.25, 0.3) is 0 Å². The molecule has 14 heavy (non-hydrogen) atoms. The van der Waals surface area contributed by atoms with Crippen molar-refractivity contribution in [2.75, 3.05) is 0 Å². The molecule has 0 N–H and O–H groups in total. The van der Waals surface area contributed by atoms with Crippen LogP contribution in [0.3, 0.4) is 0 Å². The van der Waals surface area contributed by atoms with Crippen LogP contribution in [-0.2, 0) is 7.05 Å². The molecule has 2 rings (SSSR count). The molecule has 0 bridgehead atoms. The van der Waals surface area contributed by atoms with E-state index in [1.165, 1.54) is 12.3 Å². The number of rotatable bonds is 1. The van der Waals surface area contributed by atoms with Gasteiger partial charge in [-0.3, -0.25) is 4.68 Å². The van der Waals surface area contributed by atoms with E-state index in [0.717, 1.165) is 15.7 Å². The summed E-state index contributed by atoms with van der Waals surface area (Å²) >= 11 is 3.37. The van der Waals surface area contributed by atoms with Crippen LogP contribution in [0.5, 0.6) is 0 Å². The van der Waals surface area contributed by atoms with Crippen molar-refractivity contribution in [3.63, 3.8) is 0 Å². The SMILES string of the molecule is Cn1cc(Br)c(-c2ccc(F)nc2)n1. The zero-order valence-electron chi connectivity index (χ0n) is 7.41. The Kier molecular flexibility index (Phi) is 2.33. The van der Waals surface area contributed by atoms with Gasteiger partial charge < -0.3 is 0 Å². The molecule has 0 amide bonds. The van der Waals surface area contributed by atoms with Crippen LogP contribution in [-0.4, -0.2) is 14.8 Å². The molecular weight excluding hydrogens is 249 g/mol. The lowest BCUT2D eigenvalue weighted by Gasteiger charge is -1.95. The average Bonchev–Trinajstić information content (AvgIpc) is 2.47. The highest BCUT2D eigenvalue weighted by atomic mass is 79.9. The molecule has 0 spiro atoms. The molecule has 2 aromatic heterocycles. The second kappa shape index (κ2) is 3.49. The number of halogens is 2. The molecule has 5 heteroatoms. The first-order chi connectivity index (χ1) is 6.66. The van der Waals surface area contributed by atoms with E-state index in [1.807, 2.05) is 13.2 Å². The molecule has 3 nitrogen and oxygen atoms in total. The van der Waals surface area contributed by atoms with E-state index in [1.54, 1.807) is 10.7 Å². The van der Waals surface area contributed by atoms with Gasteiger partial charge >= 0.3 is 0 Å². The Bertz CT molecular complexity index is 450. The molecule has 2 aromatic rings. The summed E-state index contributed by atoms with van der Waals surface area (Å²) in [5.41, 5.74) is 1.55. The molecule has 0 atom stereocenters. The number of hydrogen-bond acceptors (Lipinski definition) is 2. The first-order valence-electron chi connectivity index (χ1n) is 3.98. The lowest BCUT2D eigenvalue weighted by Crippen LogP contribution is -1.89. The van der Waals surface area contributed by atoms with E-state index in [4.69, 9.17) is 0 Å². The van der Waals surface area contributed by atoms with Gasteiger partial charge in [-0.2, -0.15) is 9.49 Å². The van der Waals surface area contributed by atoms with Gasteiger partial charge in [0, 0.05) is 25.0 Å². The molecule has 0 radical (unpaired) electrons. The van der Waals surface area contributed by atoms with Gasteiger partial charge in [-0.05, 0) is 28.1 Å². The maximum Gasteiger partial charge on any atom is 0.212 e. The van der Waals surface area contributed by atoms with Crippen molar-refractivity contribution in [2.45, 2.75) is 0 Å². The average molecular weight is 256 g/mol. The molecule has 0 aliphatic heterocycles. The minimum Gasteiger partial charge on any atom is -0.274 e. The van der Waals surface area contributed by atoms with E-state index in [9.17, 15) is 4.39 Å². The number of aryl methyl sites for hydroxylation is 1. The third kappa shape index (κ3) is 1.68. The maximum atomic E-state index is 12.6.